The molecule has 20 heavy (non-hydrogen) atoms. The van der Waals surface area contributed by atoms with Crippen LogP contribution in [-0.2, 0) is 4.79 Å². The molecular weight excluding hydrogens is 254 g/mol. The lowest BCUT2D eigenvalue weighted by molar-refractivity contribution is -0.132. The number of piperidine rings is 1. The van der Waals surface area contributed by atoms with Crippen LogP contribution in [0.4, 0.5) is 6.01 Å². The molecule has 5 heteroatoms. The van der Waals surface area contributed by atoms with Crippen LogP contribution in [0.2, 0.25) is 0 Å². The Bertz CT molecular complexity index is 569. The molecule has 1 aromatic heterocycles. The van der Waals surface area contributed by atoms with Crippen molar-refractivity contribution in [1.82, 2.24) is 9.88 Å². The van der Waals surface area contributed by atoms with Crippen molar-refractivity contribution in [2.75, 3.05) is 18.4 Å². The average Bonchev–Trinajstić information content (AvgIpc) is 2.89. The summed E-state index contributed by atoms with van der Waals surface area (Å²) in [6, 6.07) is 7.66. The number of anilines is 1. The Hall–Kier alpha value is -2.04. The van der Waals surface area contributed by atoms with Crippen LogP contribution in [0.1, 0.15) is 26.2 Å². The van der Waals surface area contributed by atoms with E-state index in [1.807, 2.05) is 36.1 Å². The van der Waals surface area contributed by atoms with Crippen LogP contribution in [0.3, 0.4) is 0 Å². The third-order valence-electron chi connectivity index (χ3n) is 3.67. The first kappa shape index (κ1) is 13.0. The second-order valence-electron chi connectivity index (χ2n) is 5.24. The molecule has 0 aliphatic carbocycles. The Labute approximate surface area is 118 Å². The molecule has 5 nitrogen and oxygen atoms in total. The second kappa shape index (κ2) is 5.53. The Morgan fingerprint density at radius 3 is 2.80 bits per heavy atom. The number of hydrogen-bond donors (Lipinski definition) is 1. The number of hydrogen-bond acceptors (Lipinski definition) is 4. The van der Waals surface area contributed by atoms with Gasteiger partial charge in [-0.1, -0.05) is 12.1 Å². The highest BCUT2D eigenvalue weighted by atomic mass is 16.4. The Balaban J connectivity index is 1.68. The number of likely N-dealkylation sites (tertiary alicyclic amines) is 1. The fraction of sp³-hybridized carbons (Fsp3) is 0.467. The van der Waals surface area contributed by atoms with Gasteiger partial charge in [0.25, 0.3) is 6.01 Å². The lowest BCUT2D eigenvalue weighted by Crippen LogP contribution is -2.43. The van der Waals surface area contributed by atoms with E-state index in [4.69, 9.17) is 4.42 Å². The fourth-order valence-corrected chi connectivity index (χ4v) is 2.57. The van der Waals surface area contributed by atoms with Crippen LogP contribution in [0.5, 0.6) is 0 Å². The van der Waals surface area contributed by atoms with Gasteiger partial charge in [0.15, 0.2) is 5.58 Å². The zero-order valence-electron chi connectivity index (χ0n) is 11.6. The second-order valence-corrected chi connectivity index (χ2v) is 5.24. The van der Waals surface area contributed by atoms with E-state index in [1.165, 1.54) is 6.42 Å². The van der Waals surface area contributed by atoms with Gasteiger partial charge in [0.05, 0.1) is 0 Å². The first-order valence-electron chi connectivity index (χ1n) is 7.15. The molecule has 1 aliphatic rings. The van der Waals surface area contributed by atoms with E-state index in [1.54, 1.807) is 0 Å². The number of fused-ring (bicyclic) bond motifs is 1. The summed E-state index contributed by atoms with van der Waals surface area (Å²) in [5, 5.41) is 3.06. The number of carbonyl (C=O) groups is 1. The van der Waals surface area contributed by atoms with Gasteiger partial charge in [-0.15, -0.1) is 0 Å². The minimum Gasteiger partial charge on any atom is -0.424 e. The molecule has 0 saturated carbocycles. The zero-order chi connectivity index (χ0) is 13.9. The summed E-state index contributed by atoms with van der Waals surface area (Å²) >= 11 is 0. The van der Waals surface area contributed by atoms with E-state index < -0.39 is 0 Å². The van der Waals surface area contributed by atoms with E-state index >= 15 is 0 Å². The molecule has 0 unspecified atom stereocenters. The summed E-state index contributed by atoms with van der Waals surface area (Å²) in [4.78, 5) is 18.6. The van der Waals surface area contributed by atoms with E-state index in [-0.39, 0.29) is 11.9 Å². The summed E-state index contributed by atoms with van der Waals surface area (Å²) in [5.74, 6) is 0.118. The number of amides is 1. The van der Waals surface area contributed by atoms with Crippen LogP contribution >= 0.6 is 0 Å². The maximum absolute atomic E-state index is 12.3. The van der Waals surface area contributed by atoms with Crippen molar-refractivity contribution in [2.24, 2.45) is 0 Å². The minimum atomic E-state index is -0.318. The molecule has 0 radical (unpaired) electrons. The molecule has 1 aromatic carbocycles. The number of benzene rings is 1. The minimum absolute atomic E-state index is 0.118. The van der Waals surface area contributed by atoms with Gasteiger partial charge >= 0.3 is 0 Å². The molecule has 3 rings (SSSR count). The summed E-state index contributed by atoms with van der Waals surface area (Å²) in [6.45, 7) is 3.57. The molecule has 2 aromatic rings. The molecule has 106 valence electrons. The van der Waals surface area contributed by atoms with Gasteiger partial charge in [-0.2, -0.15) is 4.98 Å². The van der Waals surface area contributed by atoms with Crippen molar-refractivity contribution >= 4 is 23.0 Å². The summed E-state index contributed by atoms with van der Waals surface area (Å²) in [6.07, 6.45) is 3.42. The number of nitrogens with zero attached hydrogens (tertiary/aromatic N) is 2. The van der Waals surface area contributed by atoms with Crippen molar-refractivity contribution in [1.29, 1.82) is 0 Å². The van der Waals surface area contributed by atoms with Crippen molar-refractivity contribution in [3.8, 4) is 0 Å². The van der Waals surface area contributed by atoms with Crippen LogP contribution < -0.4 is 5.32 Å². The summed E-state index contributed by atoms with van der Waals surface area (Å²) in [7, 11) is 0. The largest absolute Gasteiger partial charge is 0.424 e. The highest BCUT2D eigenvalue weighted by Gasteiger charge is 2.23. The molecule has 1 aliphatic heterocycles. The van der Waals surface area contributed by atoms with E-state index in [9.17, 15) is 4.79 Å². The molecule has 1 amide bonds. The third-order valence-corrected chi connectivity index (χ3v) is 3.67. The van der Waals surface area contributed by atoms with Crippen molar-refractivity contribution in [2.45, 2.75) is 32.2 Å². The van der Waals surface area contributed by atoms with E-state index in [2.05, 4.69) is 10.3 Å². The molecule has 0 bridgehead atoms. The van der Waals surface area contributed by atoms with Crippen LogP contribution in [0.25, 0.3) is 11.1 Å². The molecule has 0 spiro atoms. The molecule has 1 saturated heterocycles. The SMILES string of the molecule is C[C@@H](Nc1nc2ccccc2o1)C(=O)N1CCCCC1. The Kier molecular flexibility index (Phi) is 3.58. The maximum atomic E-state index is 12.3. The lowest BCUT2D eigenvalue weighted by Gasteiger charge is -2.29. The van der Waals surface area contributed by atoms with Gasteiger partial charge < -0.3 is 14.6 Å². The lowest BCUT2D eigenvalue weighted by atomic mass is 10.1. The number of para-hydroxylation sites is 2. The number of nitrogens with one attached hydrogen (secondary N) is 1. The van der Waals surface area contributed by atoms with Gasteiger partial charge in [0, 0.05) is 13.1 Å². The molecular formula is C15H19N3O2. The van der Waals surface area contributed by atoms with Crippen LogP contribution in [0, 0.1) is 0 Å². The van der Waals surface area contributed by atoms with Gasteiger partial charge in [-0.25, -0.2) is 0 Å². The quantitative estimate of drug-likeness (QED) is 0.934. The normalized spacial score (nSPS) is 17.1. The summed E-state index contributed by atoms with van der Waals surface area (Å²) < 4.78 is 5.58. The fourth-order valence-electron chi connectivity index (χ4n) is 2.57. The monoisotopic (exact) mass is 273 g/mol. The number of carbonyl (C=O) groups excluding carboxylic acids is 1. The standard InChI is InChI=1S/C15H19N3O2/c1-11(14(19)18-9-5-2-6-10-18)16-15-17-12-7-3-4-8-13(12)20-15/h3-4,7-8,11H,2,5-6,9-10H2,1H3,(H,16,17)/t11-/m1/s1. The van der Waals surface area contributed by atoms with Gasteiger partial charge in [0.1, 0.15) is 11.6 Å². The van der Waals surface area contributed by atoms with E-state index in [0.717, 1.165) is 37.0 Å². The number of oxazole rings is 1. The van der Waals surface area contributed by atoms with Crippen LogP contribution in [-0.4, -0.2) is 34.9 Å². The predicted octanol–water partition coefficient (Wildman–Crippen LogP) is 2.64. The molecule has 1 fully saturated rings. The van der Waals surface area contributed by atoms with Crippen molar-refractivity contribution in [3.63, 3.8) is 0 Å². The molecule has 1 atom stereocenters. The zero-order valence-corrected chi connectivity index (χ0v) is 11.6. The van der Waals surface area contributed by atoms with Crippen molar-refractivity contribution < 1.29 is 9.21 Å². The van der Waals surface area contributed by atoms with Gasteiger partial charge in [0.2, 0.25) is 5.91 Å². The topological polar surface area (TPSA) is 58.4 Å². The first-order valence-corrected chi connectivity index (χ1v) is 7.15. The van der Waals surface area contributed by atoms with Gasteiger partial charge in [-0.05, 0) is 38.3 Å². The summed E-state index contributed by atoms with van der Waals surface area (Å²) in [5.41, 5.74) is 1.53. The maximum Gasteiger partial charge on any atom is 0.296 e. The predicted molar refractivity (Wildman–Crippen MR) is 77.5 cm³/mol. The highest BCUT2D eigenvalue weighted by molar-refractivity contribution is 5.84. The Morgan fingerprint density at radius 2 is 2.05 bits per heavy atom. The molecule has 1 N–H and O–H groups in total. The van der Waals surface area contributed by atoms with Crippen molar-refractivity contribution in [3.05, 3.63) is 24.3 Å². The average molecular weight is 273 g/mol. The highest BCUT2D eigenvalue weighted by Crippen LogP contribution is 2.19. The molecule has 2 heterocycles. The third kappa shape index (κ3) is 2.61. The van der Waals surface area contributed by atoms with E-state index in [0.29, 0.717) is 6.01 Å². The van der Waals surface area contributed by atoms with Crippen LogP contribution in [0.15, 0.2) is 28.7 Å². The first-order chi connectivity index (χ1) is 9.74. The Morgan fingerprint density at radius 1 is 1.30 bits per heavy atom. The smallest absolute Gasteiger partial charge is 0.296 e. The van der Waals surface area contributed by atoms with Gasteiger partial charge in [-0.3, -0.25) is 4.79 Å². The number of aromatic nitrogens is 1. The number of rotatable bonds is 3.